The first-order valence-electron chi connectivity index (χ1n) is 7.58. The summed E-state index contributed by atoms with van der Waals surface area (Å²) in [6, 6.07) is 6.03. The van der Waals surface area contributed by atoms with E-state index in [1.807, 2.05) is 7.05 Å². The minimum Gasteiger partial charge on any atom is -0.372 e. The lowest BCUT2D eigenvalue weighted by Crippen LogP contribution is -2.27. The van der Waals surface area contributed by atoms with Crippen molar-refractivity contribution >= 4 is 17.3 Å². The first-order chi connectivity index (χ1) is 10.1. The second-order valence-electron chi connectivity index (χ2n) is 5.72. The van der Waals surface area contributed by atoms with Gasteiger partial charge in [-0.05, 0) is 53.2 Å². The van der Waals surface area contributed by atoms with Gasteiger partial charge in [-0.15, -0.1) is 0 Å². The minimum atomic E-state index is -0.224. The van der Waals surface area contributed by atoms with Gasteiger partial charge < -0.3 is 20.4 Å². The number of rotatable bonds is 7. The van der Waals surface area contributed by atoms with Crippen molar-refractivity contribution in [1.82, 2.24) is 10.2 Å². The van der Waals surface area contributed by atoms with Gasteiger partial charge in [-0.2, -0.15) is 0 Å². The van der Waals surface area contributed by atoms with Crippen LogP contribution < -0.4 is 15.5 Å². The van der Waals surface area contributed by atoms with Crippen LogP contribution in [0, 0.1) is 0 Å². The third-order valence-electron chi connectivity index (χ3n) is 3.94. The lowest BCUT2D eigenvalue weighted by molar-refractivity contribution is -0.117. The largest absolute Gasteiger partial charge is 0.372 e. The fraction of sp³-hybridized carbons (Fsp3) is 0.562. The molecule has 116 valence electrons. The highest BCUT2D eigenvalue weighted by Gasteiger charge is 2.29. The third-order valence-corrected chi connectivity index (χ3v) is 3.94. The third kappa shape index (κ3) is 3.54. The number of likely N-dealkylation sites (N-methyl/N-ethyl adjacent to an activating group) is 1. The van der Waals surface area contributed by atoms with Crippen molar-refractivity contribution in [3.05, 3.63) is 23.8 Å². The second kappa shape index (κ2) is 6.91. The topological polar surface area (TPSA) is 47.6 Å². The van der Waals surface area contributed by atoms with E-state index in [0.29, 0.717) is 0 Å². The summed E-state index contributed by atoms with van der Waals surface area (Å²) < 4.78 is 0. The van der Waals surface area contributed by atoms with Crippen LogP contribution in [0.15, 0.2) is 18.2 Å². The molecule has 0 radical (unpaired) electrons. The summed E-state index contributed by atoms with van der Waals surface area (Å²) >= 11 is 0. The van der Waals surface area contributed by atoms with Gasteiger partial charge in [0.1, 0.15) is 6.04 Å². The quantitative estimate of drug-likeness (QED) is 0.802. The van der Waals surface area contributed by atoms with Crippen molar-refractivity contribution < 1.29 is 4.79 Å². The molecule has 0 spiro atoms. The molecule has 1 unspecified atom stereocenters. The van der Waals surface area contributed by atoms with Crippen molar-refractivity contribution in [1.29, 1.82) is 0 Å². The molecule has 1 aliphatic rings. The van der Waals surface area contributed by atoms with Crippen molar-refractivity contribution in [3.8, 4) is 0 Å². The second-order valence-corrected chi connectivity index (χ2v) is 5.72. The SMILES string of the molecule is CCN(CCCN(C)C)c1ccc2c(c1)NC(=O)C2NC. The first-order valence-corrected chi connectivity index (χ1v) is 7.58. The number of hydrogen-bond acceptors (Lipinski definition) is 4. The molecule has 1 amide bonds. The fourth-order valence-electron chi connectivity index (χ4n) is 2.78. The van der Waals surface area contributed by atoms with Crippen LogP contribution in [0.1, 0.15) is 24.9 Å². The maximum atomic E-state index is 11.9. The molecule has 5 nitrogen and oxygen atoms in total. The smallest absolute Gasteiger partial charge is 0.246 e. The van der Waals surface area contributed by atoms with Crippen LogP contribution in [0.4, 0.5) is 11.4 Å². The molecule has 2 N–H and O–H groups in total. The fourth-order valence-corrected chi connectivity index (χ4v) is 2.78. The van der Waals surface area contributed by atoms with Gasteiger partial charge >= 0.3 is 0 Å². The molecule has 0 bridgehead atoms. The van der Waals surface area contributed by atoms with E-state index < -0.39 is 0 Å². The number of amides is 1. The van der Waals surface area contributed by atoms with E-state index in [4.69, 9.17) is 0 Å². The average Bonchev–Trinajstić information content (AvgIpc) is 2.77. The highest BCUT2D eigenvalue weighted by Crippen LogP contribution is 2.33. The highest BCUT2D eigenvalue weighted by atomic mass is 16.2. The Morgan fingerprint density at radius 1 is 1.29 bits per heavy atom. The molecule has 5 heteroatoms. The zero-order valence-corrected chi connectivity index (χ0v) is 13.4. The number of nitrogens with one attached hydrogen (secondary N) is 2. The molecular weight excluding hydrogens is 264 g/mol. The Morgan fingerprint density at radius 2 is 2.05 bits per heavy atom. The molecule has 0 fully saturated rings. The van der Waals surface area contributed by atoms with E-state index >= 15 is 0 Å². The van der Waals surface area contributed by atoms with Crippen molar-refractivity contribution in [3.63, 3.8) is 0 Å². The molecule has 1 aromatic carbocycles. The Balaban J connectivity index is 2.10. The summed E-state index contributed by atoms with van der Waals surface area (Å²) in [4.78, 5) is 16.4. The summed E-state index contributed by atoms with van der Waals surface area (Å²) in [6.07, 6.45) is 1.13. The number of carbonyl (C=O) groups excluding carboxylic acids is 1. The molecule has 1 aromatic rings. The van der Waals surface area contributed by atoms with Crippen LogP contribution in [0.25, 0.3) is 0 Å². The van der Waals surface area contributed by atoms with E-state index in [9.17, 15) is 4.79 Å². The molecule has 0 saturated carbocycles. The highest BCUT2D eigenvalue weighted by molar-refractivity contribution is 6.03. The van der Waals surface area contributed by atoms with Gasteiger partial charge in [0.05, 0.1) is 0 Å². The molecule has 2 rings (SSSR count). The summed E-state index contributed by atoms with van der Waals surface area (Å²) in [6.45, 7) is 5.24. The monoisotopic (exact) mass is 290 g/mol. The Morgan fingerprint density at radius 3 is 2.67 bits per heavy atom. The van der Waals surface area contributed by atoms with E-state index in [1.165, 1.54) is 5.69 Å². The average molecular weight is 290 g/mol. The van der Waals surface area contributed by atoms with Crippen molar-refractivity contribution in [2.24, 2.45) is 0 Å². The maximum Gasteiger partial charge on any atom is 0.246 e. The van der Waals surface area contributed by atoms with Gasteiger partial charge in [0.15, 0.2) is 0 Å². The maximum absolute atomic E-state index is 11.9. The summed E-state index contributed by atoms with van der Waals surface area (Å²) in [5, 5.41) is 6.00. The van der Waals surface area contributed by atoms with Gasteiger partial charge in [0.2, 0.25) is 5.91 Å². The van der Waals surface area contributed by atoms with Gasteiger partial charge in [-0.3, -0.25) is 4.79 Å². The summed E-state index contributed by atoms with van der Waals surface area (Å²) in [5.74, 6) is 0.0281. The molecule has 21 heavy (non-hydrogen) atoms. The van der Waals surface area contributed by atoms with Crippen LogP contribution in [-0.4, -0.2) is 51.6 Å². The Kier molecular flexibility index (Phi) is 5.20. The van der Waals surface area contributed by atoms with Crippen LogP contribution in [0.5, 0.6) is 0 Å². The summed E-state index contributed by atoms with van der Waals surface area (Å²) in [5.41, 5.74) is 3.14. The van der Waals surface area contributed by atoms with Crippen LogP contribution in [0.2, 0.25) is 0 Å². The zero-order chi connectivity index (χ0) is 15.4. The lowest BCUT2D eigenvalue weighted by Gasteiger charge is -2.24. The number of hydrogen-bond donors (Lipinski definition) is 2. The lowest BCUT2D eigenvalue weighted by atomic mass is 10.1. The Hall–Kier alpha value is -1.59. The number of carbonyl (C=O) groups is 1. The zero-order valence-electron chi connectivity index (χ0n) is 13.4. The normalized spacial score (nSPS) is 17.0. The summed E-state index contributed by atoms with van der Waals surface area (Å²) in [7, 11) is 6.01. The number of benzene rings is 1. The van der Waals surface area contributed by atoms with E-state index in [1.54, 1.807) is 0 Å². The van der Waals surface area contributed by atoms with E-state index in [0.717, 1.165) is 37.3 Å². The molecule has 0 aromatic heterocycles. The van der Waals surface area contributed by atoms with Crippen LogP contribution in [-0.2, 0) is 4.79 Å². The predicted octanol–water partition coefficient (Wildman–Crippen LogP) is 1.68. The molecular formula is C16H26N4O. The molecule has 0 aliphatic carbocycles. The number of fused-ring (bicyclic) bond motifs is 1. The molecule has 1 atom stereocenters. The Bertz CT molecular complexity index is 501. The molecule has 0 saturated heterocycles. The minimum absolute atomic E-state index is 0.0281. The van der Waals surface area contributed by atoms with Gasteiger partial charge in [-0.25, -0.2) is 0 Å². The van der Waals surface area contributed by atoms with Gasteiger partial charge in [0.25, 0.3) is 0 Å². The van der Waals surface area contributed by atoms with Crippen molar-refractivity contribution in [2.75, 3.05) is 51.0 Å². The predicted molar refractivity (Wildman–Crippen MR) is 87.9 cm³/mol. The van der Waals surface area contributed by atoms with Crippen molar-refractivity contribution in [2.45, 2.75) is 19.4 Å². The first kappa shape index (κ1) is 15.8. The molecule has 1 aliphatic heterocycles. The number of nitrogens with zero attached hydrogens (tertiary/aromatic N) is 2. The van der Waals surface area contributed by atoms with E-state index in [-0.39, 0.29) is 11.9 Å². The Labute approximate surface area is 127 Å². The number of anilines is 2. The van der Waals surface area contributed by atoms with Crippen LogP contribution in [0.3, 0.4) is 0 Å². The van der Waals surface area contributed by atoms with Gasteiger partial charge in [0, 0.05) is 30.0 Å². The molecule has 1 heterocycles. The van der Waals surface area contributed by atoms with Gasteiger partial charge in [-0.1, -0.05) is 6.07 Å². The standard InChI is InChI=1S/C16H26N4O/c1-5-20(10-6-9-19(3)4)12-7-8-13-14(11-12)18-16(21)15(13)17-2/h7-8,11,15,17H,5-6,9-10H2,1-4H3,(H,18,21). The van der Waals surface area contributed by atoms with Crippen LogP contribution >= 0.6 is 0 Å². The van der Waals surface area contributed by atoms with E-state index in [2.05, 4.69) is 59.7 Å².